The van der Waals surface area contributed by atoms with Gasteiger partial charge in [0.1, 0.15) is 0 Å². The molecule has 1 aromatic carbocycles. The molecule has 2 aromatic rings. The van der Waals surface area contributed by atoms with Gasteiger partial charge >= 0.3 is 6.18 Å². The average molecular weight is 403 g/mol. The molecule has 1 heterocycles. The van der Waals surface area contributed by atoms with Crippen molar-refractivity contribution in [2.45, 2.75) is 50.4 Å². The number of nitrogens with zero attached hydrogens (tertiary/aromatic N) is 3. The highest BCUT2D eigenvalue weighted by Crippen LogP contribution is 2.43. The number of nitriles is 1. The maximum absolute atomic E-state index is 13.4. The van der Waals surface area contributed by atoms with Crippen molar-refractivity contribution in [1.29, 1.82) is 5.26 Å². The Kier molecular flexibility index (Phi) is 6.13. The normalized spacial score (nSPS) is 22.1. The zero-order valence-corrected chi connectivity index (χ0v) is 16.5. The molecule has 1 fully saturated rings. The van der Waals surface area contributed by atoms with Crippen LogP contribution < -0.4 is 4.90 Å². The molecule has 1 saturated carbocycles. The molecule has 2 atom stereocenters. The van der Waals surface area contributed by atoms with Gasteiger partial charge in [-0.3, -0.25) is 4.98 Å². The van der Waals surface area contributed by atoms with Crippen molar-refractivity contribution in [3.8, 4) is 6.07 Å². The summed E-state index contributed by atoms with van der Waals surface area (Å²) in [6.45, 7) is 2.49. The maximum Gasteiger partial charge on any atom is 0.417 e. The summed E-state index contributed by atoms with van der Waals surface area (Å²) < 4.78 is 46.2. The van der Waals surface area contributed by atoms with Gasteiger partial charge in [-0.2, -0.15) is 18.4 Å². The Bertz CT molecular complexity index is 879. The molecule has 3 rings (SSSR count). The number of alkyl halides is 3. The number of aromatic nitrogens is 1. The van der Waals surface area contributed by atoms with Gasteiger partial charge in [0, 0.05) is 49.8 Å². The number of benzene rings is 1. The van der Waals surface area contributed by atoms with Crippen molar-refractivity contribution in [2.75, 3.05) is 18.6 Å². The van der Waals surface area contributed by atoms with Crippen molar-refractivity contribution < 1.29 is 17.9 Å². The molecular weight excluding hydrogens is 379 g/mol. The molecule has 7 heteroatoms. The Morgan fingerprint density at radius 2 is 2.14 bits per heavy atom. The van der Waals surface area contributed by atoms with Gasteiger partial charge in [0.05, 0.1) is 22.8 Å². The van der Waals surface area contributed by atoms with Crippen molar-refractivity contribution in [3.05, 3.63) is 59.4 Å². The molecule has 2 unspecified atom stereocenters. The van der Waals surface area contributed by atoms with Gasteiger partial charge in [0.15, 0.2) is 0 Å². The van der Waals surface area contributed by atoms with Crippen LogP contribution in [0.4, 0.5) is 18.9 Å². The molecule has 0 spiro atoms. The molecule has 0 amide bonds. The summed E-state index contributed by atoms with van der Waals surface area (Å²) in [5.74, 6) is 0. The molecule has 0 aliphatic heterocycles. The van der Waals surface area contributed by atoms with Gasteiger partial charge in [-0.1, -0.05) is 6.07 Å². The second kappa shape index (κ2) is 8.42. The van der Waals surface area contributed by atoms with Crippen LogP contribution in [0.3, 0.4) is 0 Å². The molecule has 0 saturated heterocycles. The minimum Gasteiger partial charge on any atom is -0.373 e. The molecule has 0 bridgehead atoms. The summed E-state index contributed by atoms with van der Waals surface area (Å²) in [6.07, 6.45) is 2.19. The van der Waals surface area contributed by atoms with Crippen molar-refractivity contribution in [1.82, 2.24) is 4.98 Å². The largest absolute Gasteiger partial charge is 0.417 e. The number of hydrogen-bond donors (Lipinski definition) is 0. The first kappa shape index (κ1) is 21.1. The maximum atomic E-state index is 13.4. The lowest BCUT2D eigenvalue weighted by atomic mass is 9.77. The van der Waals surface area contributed by atoms with E-state index >= 15 is 0 Å². The molecule has 4 nitrogen and oxygen atoms in total. The Morgan fingerprint density at radius 1 is 1.34 bits per heavy atom. The average Bonchev–Trinajstić information content (AvgIpc) is 2.74. The van der Waals surface area contributed by atoms with Crippen LogP contribution in [-0.2, 0) is 16.5 Å². The van der Waals surface area contributed by atoms with Crippen molar-refractivity contribution in [3.63, 3.8) is 0 Å². The van der Waals surface area contributed by atoms with E-state index in [-0.39, 0.29) is 11.6 Å². The summed E-state index contributed by atoms with van der Waals surface area (Å²) in [6, 6.07) is 9.47. The highest BCUT2D eigenvalue weighted by molar-refractivity contribution is 5.55. The lowest BCUT2D eigenvalue weighted by Crippen LogP contribution is -2.45. The Morgan fingerprint density at radius 3 is 2.72 bits per heavy atom. The summed E-state index contributed by atoms with van der Waals surface area (Å²) in [4.78, 5) is 6.20. The second-order valence-electron chi connectivity index (χ2n) is 7.32. The SMILES string of the molecule is CCN(c1ccc(C#N)c(C(F)(F)F)c1)C1CCCC(OC)(c2cccnc2)C1. The fourth-order valence-corrected chi connectivity index (χ4v) is 4.37. The summed E-state index contributed by atoms with van der Waals surface area (Å²) in [5, 5.41) is 9.06. The summed E-state index contributed by atoms with van der Waals surface area (Å²) in [5.41, 5.74) is -0.301. The number of ether oxygens (including phenoxy) is 1. The van der Waals surface area contributed by atoms with Gasteiger partial charge in [0.2, 0.25) is 0 Å². The van der Waals surface area contributed by atoms with Crippen LogP contribution in [0.2, 0.25) is 0 Å². The number of anilines is 1. The topological polar surface area (TPSA) is 49.2 Å². The van der Waals surface area contributed by atoms with Crippen LogP contribution >= 0.6 is 0 Å². The molecule has 154 valence electrons. The van der Waals surface area contributed by atoms with Crippen LogP contribution in [0.25, 0.3) is 0 Å². The molecule has 0 N–H and O–H groups in total. The van der Waals surface area contributed by atoms with E-state index in [4.69, 9.17) is 10.00 Å². The minimum absolute atomic E-state index is 0.0166. The first-order valence-electron chi connectivity index (χ1n) is 9.68. The zero-order chi connectivity index (χ0) is 21.1. The van der Waals surface area contributed by atoms with Gasteiger partial charge in [-0.05, 0) is 50.5 Å². The van der Waals surface area contributed by atoms with Crippen LogP contribution in [0.5, 0.6) is 0 Å². The quantitative estimate of drug-likeness (QED) is 0.681. The second-order valence-corrected chi connectivity index (χ2v) is 7.32. The van der Waals surface area contributed by atoms with Crippen molar-refractivity contribution >= 4 is 5.69 Å². The predicted molar refractivity (Wildman–Crippen MR) is 104 cm³/mol. The highest BCUT2D eigenvalue weighted by Gasteiger charge is 2.41. The number of halogens is 3. The fourth-order valence-electron chi connectivity index (χ4n) is 4.37. The first-order valence-corrected chi connectivity index (χ1v) is 9.68. The number of pyridine rings is 1. The molecule has 29 heavy (non-hydrogen) atoms. The molecule has 1 aromatic heterocycles. The smallest absolute Gasteiger partial charge is 0.373 e. The Balaban J connectivity index is 1.95. The predicted octanol–water partition coefficient (Wildman–Crippen LogP) is 5.28. The van der Waals surface area contributed by atoms with E-state index in [2.05, 4.69) is 4.98 Å². The van der Waals surface area contributed by atoms with E-state index in [1.165, 1.54) is 6.07 Å². The third kappa shape index (κ3) is 4.23. The fraction of sp³-hybridized carbons (Fsp3) is 0.455. The number of rotatable bonds is 5. The van der Waals surface area contributed by atoms with E-state index in [1.54, 1.807) is 31.6 Å². The van der Waals surface area contributed by atoms with Crippen LogP contribution in [-0.4, -0.2) is 24.7 Å². The van der Waals surface area contributed by atoms with Crippen LogP contribution in [0, 0.1) is 11.3 Å². The third-order valence-electron chi connectivity index (χ3n) is 5.80. The van der Waals surface area contributed by atoms with E-state index in [1.807, 2.05) is 24.0 Å². The lowest BCUT2D eigenvalue weighted by Gasteiger charge is -2.45. The molecule has 1 aliphatic rings. The first-order chi connectivity index (χ1) is 13.8. The van der Waals surface area contributed by atoms with Gasteiger partial charge in [-0.25, -0.2) is 0 Å². The minimum atomic E-state index is -4.57. The monoisotopic (exact) mass is 403 g/mol. The summed E-state index contributed by atoms with van der Waals surface area (Å²) in [7, 11) is 1.68. The molecule has 0 radical (unpaired) electrons. The lowest BCUT2D eigenvalue weighted by molar-refractivity contribution is -0.137. The Hall–Kier alpha value is -2.59. The molecule has 1 aliphatic carbocycles. The van der Waals surface area contributed by atoms with E-state index in [0.29, 0.717) is 18.7 Å². The third-order valence-corrected chi connectivity index (χ3v) is 5.80. The zero-order valence-electron chi connectivity index (χ0n) is 16.5. The van der Waals surface area contributed by atoms with E-state index < -0.39 is 17.3 Å². The number of hydrogen-bond acceptors (Lipinski definition) is 4. The van der Waals surface area contributed by atoms with Crippen LogP contribution in [0.1, 0.15) is 49.3 Å². The van der Waals surface area contributed by atoms with Gasteiger partial charge < -0.3 is 9.64 Å². The van der Waals surface area contributed by atoms with E-state index in [0.717, 1.165) is 30.9 Å². The van der Waals surface area contributed by atoms with Crippen molar-refractivity contribution in [2.24, 2.45) is 0 Å². The van der Waals surface area contributed by atoms with Gasteiger partial charge in [0.25, 0.3) is 0 Å². The number of methoxy groups -OCH3 is 1. The van der Waals surface area contributed by atoms with E-state index in [9.17, 15) is 13.2 Å². The Labute approximate surface area is 168 Å². The van der Waals surface area contributed by atoms with Gasteiger partial charge in [-0.15, -0.1) is 0 Å². The van der Waals surface area contributed by atoms with Crippen LogP contribution in [0.15, 0.2) is 42.7 Å². The standard InChI is InChI=1S/C22H24F3N3O/c1-3-28(18-9-8-16(14-26)20(12-18)22(23,24)25)19-7-4-10-21(13-19,29-2)17-6-5-11-27-15-17/h5-6,8-9,11-12,15,19H,3-4,7,10,13H2,1-2H3. The summed E-state index contributed by atoms with van der Waals surface area (Å²) >= 11 is 0. The highest BCUT2D eigenvalue weighted by atomic mass is 19.4. The molecular formula is C22H24F3N3O.